The van der Waals surface area contributed by atoms with Crippen molar-refractivity contribution in [2.24, 2.45) is 0 Å². The minimum atomic E-state index is -0.697. The van der Waals surface area contributed by atoms with Crippen LogP contribution < -0.4 is 0 Å². The van der Waals surface area contributed by atoms with Crippen LogP contribution in [0.3, 0.4) is 0 Å². The van der Waals surface area contributed by atoms with Crippen LogP contribution in [0.1, 0.15) is 52.4 Å². The van der Waals surface area contributed by atoms with Gasteiger partial charge < -0.3 is 9.84 Å². The Balaban J connectivity index is 2.47. The molecular weight excluding hydrogens is 230 g/mol. The van der Waals surface area contributed by atoms with Crippen LogP contribution in [0.15, 0.2) is 0 Å². The highest BCUT2D eigenvalue weighted by Crippen LogP contribution is 2.26. The van der Waals surface area contributed by atoms with Gasteiger partial charge in [-0.05, 0) is 52.5 Å². The molecule has 0 spiro atoms. The fourth-order valence-electron chi connectivity index (χ4n) is 2.91. The number of methoxy groups -OCH3 is 1. The van der Waals surface area contributed by atoms with E-state index in [1.165, 1.54) is 12.8 Å². The molecule has 0 aromatic rings. The Labute approximate surface area is 110 Å². The maximum Gasteiger partial charge on any atom is 0.303 e. The lowest BCUT2D eigenvalue weighted by molar-refractivity contribution is -0.137. The highest BCUT2D eigenvalue weighted by molar-refractivity contribution is 5.66. The summed E-state index contributed by atoms with van der Waals surface area (Å²) in [6, 6.07) is 1.02. The molecule has 1 aliphatic carbocycles. The van der Waals surface area contributed by atoms with Crippen molar-refractivity contribution in [3.8, 4) is 0 Å². The van der Waals surface area contributed by atoms with Gasteiger partial charge in [-0.1, -0.05) is 0 Å². The Hall–Kier alpha value is -0.610. The largest absolute Gasteiger partial charge is 0.481 e. The molecule has 4 nitrogen and oxygen atoms in total. The zero-order valence-corrected chi connectivity index (χ0v) is 11.9. The molecule has 2 unspecified atom stereocenters. The average molecular weight is 257 g/mol. The molecule has 0 aromatic carbocycles. The predicted molar refractivity (Wildman–Crippen MR) is 71.8 cm³/mol. The predicted octanol–water partition coefficient (Wildman–Crippen LogP) is 2.52. The van der Waals surface area contributed by atoms with Crippen molar-refractivity contribution < 1.29 is 14.6 Å². The average Bonchev–Trinajstić information content (AvgIpc) is 2.34. The molecule has 1 N–H and O–H groups in total. The summed E-state index contributed by atoms with van der Waals surface area (Å²) >= 11 is 0. The van der Waals surface area contributed by atoms with Crippen LogP contribution in [-0.2, 0) is 9.53 Å². The normalized spacial score (nSPS) is 24.7. The van der Waals surface area contributed by atoms with Gasteiger partial charge in [-0.15, -0.1) is 0 Å². The Kier molecular flexibility index (Phi) is 6.65. The zero-order valence-electron chi connectivity index (χ0n) is 11.9. The van der Waals surface area contributed by atoms with E-state index >= 15 is 0 Å². The van der Waals surface area contributed by atoms with Gasteiger partial charge in [0.1, 0.15) is 0 Å². The molecule has 1 fully saturated rings. The molecule has 1 saturated carbocycles. The smallest absolute Gasteiger partial charge is 0.303 e. The number of ether oxygens (including phenoxy) is 1. The maximum atomic E-state index is 10.6. The molecule has 2 atom stereocenters. The quantitative estimate of drug-likeness (QED) is 0.761. The fourth-order valence-corrected chi connectivity index (χ4v) is 2.91. The number of rotatable bonds is 7. The van der Waals surface area contributed by atoms with Crippen molar-refractivity contribution in [3.63, 3.8) is 0 Å². The number of carboxylic acid groups (broad SMARTS) is 1. The van der Waals surface area contributed by atoms with E-state index in [0.29, 0.717) is 18.2 Å². The summed E-state index contributed by atoms with van der Waals surface area (Å²) in [6.07, 6.45) is 6.06. The lowest BCUT2D eigenvalue weighted by Crippen LogP contribution is -2.45. The van der Waals surface area contributed by atoms with Gasteiger partial charge in [0, 0.05) is 25.6 Å². The minimum absolute atomic E-state index is 0.268. The molecule has 0 bridgehead atoms. The van der Waals surface area contributed by atoms with Crippen LogP contribution in [0.5, 0.6) is 0 Å². The van der Waals surface area contributed by atoms with Crippen LogP contribution in [0.2, 0.25) is 0 Å². The topological polar surface area (TPSA) is 49.8 Å². The van der Waals surface area contributed by atoms with E-state index < -0.39 is 5.97 Å². The first-order valence-corrected chi connectivity index (χ1v) is 7.05. The molecular formula is C14H27NO3. The van der Waals surface area contributed by atoms with E-state index in [4.69, 9.17) is 9.84 Å². The lowest BCUT2D eigenvalue weighted by Gasteiger charge is -2.39. The van der Waals surface area contributed by atoms with Gasteiger partial charge in [0.2, 0.25) is 0 Å². The maximum absolute atomic E-state index is 10.6. The monoisotopic (exact) mass is 257 g/mol. The standard InChI is InChI=1S/C14H27NO3/c1-11(2)15(9-5-8-14(16)17)12-6-4-7-13(10-12)18-3/h11-13H,4-10H2,1-3H3,(H,16,17). The van der Waals surface area contributed by atoms with Gasteiger partial charge in [0.05, 0.1) is 6.10 Å². The number of aliphatic carboxylic acids is 1. The van der Waals surface area contributed by atoms with E-state index in [9.17, 15) is 4.79 Å². The SMILES string of the molecule is COC1CCCC(N(CCCC(=O)O)C(C)C)C1. The second-order valence-corrected chi connectivity index (χ2v) is 5.51. The highest BCUT2D eigenvalue weighted by Gasteiger charge is 2.27. The Morgan fingerprint density at radius 1 is 1.44 bits per heavy atom. The number of carboxylic acids is 1. The van der Waals surface area contributed by atoms with Crippen LogP contribution in [0.25, 0.3) is 0 Å². The summed E-state index contributed by atoms with van der Waals surface area (Å²) in [7, 11) is 1.79. The number of hydrogen-bond acceptors (Lipinski definition) is 3. The second kappa shape index (κ2) is 7.74. The van der Waals surface area contributed by atoms with Crippen molar-refractivity contribution in [1.29, 1.82) is 0 Å². The molecule has 0 saturated heterocycles. The second-order valence-electron chi connectivity index (χ2n) is 5.51. The van der Waals surface area contributed by atoms with Crippen LogP contribution in [0.4, 0.5) is 0 Å². The van der Waals surface area contributed by atoms with Crippen molar-refractivity contribution in [2.45, 2.75) is 70.6 Å². The number of carbonyl (C=O) groups is 1. The first kappa shape index (κ1) is 15.4. The third-order valence-electron chi connectivity index (χ3n) is 3.87. The highest BCUT2D eigenvalue weighted by atomic mass is 16.5. The summed E-state index contributed by atoms with van der Waals surface area (Å²) in [6.45, 7) is 5.26. The summed E-state index contributed by atoms with van der Waals surface area (Å²) in [4.78, 5) is 13.0. The van der Waals surface area contributed by atoms with Crippen molar-refractivity contribution in [1.82, 2.24) is 4.90 Å². The van der Waals surface area contributed by atoms with Gasteiger partial charge in [-0.3, -0.25) is 9.69 Å². The first-order chi connectivity index (χ1) is 8.54. The zero-order chi connectivity index (χ0) is 13.5. The van der Waals surface area contributed by atoms with Crippen molar-refractivity contribution >= 4 is 5.97 Å². The molecule has 0 radical (unpaired) electrons. The van der Waals surface area contributed by atoms with Crippen molar-refractivity contribution in [3.05, 3.63) is 0 Å². The van der Waals surface area contributed by atoms with Gasteiger partial charge in [-0.2, -0.15) is 0 Å². The van der Waals surface area contributed by atoms with Gasteiger partial charge >= 0.3 is 5.97 Å². The Morgan fingerprint density at radius 3 is 2.72 bits per heavy atom. The summed E-state index contributed by atoms with van der Waals surface area (Å²) in [5.41, 5.74) is 0. The van der Waals surface area contributed by atoms with Gasteiger partial charge in [-0.25, -0.2) is 0 Å². The summed E-state index contributed by atoms with van der Waals surface area (Å²) < 4.78 is 5.47. The Bertz CT molecular complexity index is 255. The van der Waals surface area contributed by atoms with E-state index in [1.54, 1.807) is 7.11 Å². The molecule has 0 aromatic heterocycles. The minimum Gasteiger partial charge on any atom is -0.481 e. The molecule has 4 heteroatoms. The number of nitrogens with zero attached hydrogens (tertiary/aromatic N) is 1. The third kappa shape index (κ3) is 4.94. The molecule has 106 valence electrons. The molecule has 18 heavy (non-hydrogen) atoms. The fraction of sp³-hybridized carbons (Fsp3) is 0.929. The molecule has 0 amide bonds. The lowest BCUT2D eigenvalue weighted by atomic mass is 9.91. The molecule has 1 rings (SSSR count). The molecule has 0 heterocycles. The first-order valence-electron chi connectivity index (χ1n) is 7.05. The third-order valence-corrected chi connectivity index (χ3v) is 3.87. The van der Waals surface area contributed by atoms with E-state index in [-0.39, 0.29) is 6.42 Å². The van der Waals surface area contributed by atoms with E-state index in [1.807, 2.05) is 0 Å². The van der Waals surface area contributed by atoms with Crippen LogP contribution in [0, 0.1) is 0 Å². The van der Waals surface area contributed by atoms with E-state index in [0.717, 1.165) is 25.8 Å². The van der Waals surface area contributed by atoms with Crippen LogP contribution in [-0.4, -0.2) is 47.8 Å². The molecule has 0 aliphatic heterocycles. The summed E-state index contributed by atoms with van der Waals surface area (Å²) in [5.74, 6) is -0.697. The van der Waals surface area contributed by atoms with Gasteiger partial charge in [0.15, 0.2) is 0 Å². The van der Waals surface area contributed by atoms with Crippen LogP contribution >= 0.6 is 0 Å². The van der Waals surface area contributed by atoms with E-state index in [2.05, 4.69) is 18.7 Å². The summed E-state index contributed by atoms with van der Waals surface area (Å²) in [5, 5.41) is 8.72. The molecule has 1 aliphatic rings. The Morgan fingerprint density at radius 2 is 2.17 bits per heavy atom. The number of hydrogen-bond donors (Lipinski definition) is 1. The van der Waals surface area contributed by atoms with Crippen molar-refractivity contribution in [2.75, 3.05) is 13.7 Å². The van der Waals surface area contributed by atoms with Gasteiger partial charge in [0.25, 0.3) is 0 Å².